The minimum Gasteiger partial charge on any atom is -0.392 e. The standard InChI is InChI=1S/C13H12N2O5.C12H13N3O6.C12H11N3O5/c1-3-8-10(18)13(4-2,7-16)20-11(8)15-6-5-9(17)14-12(15)19;1-2-12(5-16)8(18)7(9(13)19)10(21-12)15-4-3-6(17)14-11(15)20;1-2-12(6-16)9(18)7(5-13)10(20-12)15-4-3-8(17)14-11(15)19/h1-2,5-6,8,10-11,16,18H,7H2,(H,14,17,19);1,3-4,7-8,10,16,18H,5H2,(H2,13,19)(H,14,17,20);1,3-4,7,9-10,16,18H,6H2,(H,14,17,19)/t8-,10-,11+,13+;7-,8+,10-,12-;7-,9-,10+,12+/m010/s1. The number of aromatic amines is 3. The van der Waals surface area contributed by atoms with Crippen LogP contribution in [-0.4, -0.2) is 120 Å². The van der Waals surface area contributed by atoms with E-state index in [4.69, 9.17) is 50.9 Å². The highest BCUT2D eigenvalue weighted by atomic mass is 16.6. The zero-order chi connectivity index (χ0) is 45.6. The van der Waals surface area contributed by atoms with Gasteiger partial charge in [-0.3, -0.25) is 47.8 Å². The third-order valence-electron chi connectivity index (χ3n) is 9.85. The Bertz CT molecular complexity index is 2600. The van der Waals surface area contributed by atoms with Gasteiger partial charge in [0.05, 0.1) is 31.8 Å². The van der Waals surface area contributed by atoms with E-state index < -0.39 is 131 Å². The monoisotopic (exact) mass is 848 g/mol. The van der Waals surface area contributed by atoms with Gasteiger partial charge in [-0.25, -0.2) is 14.4 Å². The van der Waals surface area contributed by atoms with Crippen LogP contribution < -0.4 is 39.5 Å². The van der Waals surface area contributed by atoms with Gasteiger partial charge in [0, 0.05) is 36.8 Å². The van der Waals surface area contributed by atoms with Crippen molar-refractivity contribution in [3.63, 3.8) is 0 Å². The number of H-pyrrole nitrogens is 3. The van der Waals surface area contributed by atoms with Crippen LogP contribution >= 0.6 is 0 Å². The van der Waals surface area contributed by atoms with Gasteiger partial charge in [-0.1, -0.05) is 23.7 Å². The largest absolute Gasteiger partial charge is 0.392 e. The van der Waals surface area contributed by atoms with Crippen LogP contribution in [0.2, 0.25) is 0 Å². The number of nitrogens with one attached hydrogen (secondary N) is 3. The Balaban J connectivity index is 0.000000202. The molecule has 0 radical (unpaired) electrons. The Kier molecular flexibility index (Phi) is 14.1. The highest BCUT2D eigenvalue weighted by Crippen LogP contribution is 2.42. The first kappa shape index (κ1) is 46.6. The summed E-state index contributed by atoms with van der Waals surface area (Å²) in [7, 11) is 0. The molecule has 3 saturated heterocycles. The number of hydrogen-bond acceptors (Lipinski definition) is 17. The number of nitrogens with zero attached hydrogens (tertiary/aromatic N) is 4. The summed E-state index contributed by atoms with van der Waals surface area (Å²) in [4.78, 5) is 85.9. The van der Waals surface area contributed by atoms with E-state index in [-0.39, 0.29) is 0 Å². The van der Waals surface area contributed by atoms with Crippen LogP contribution in [0.4, 0.5) is 0 Å². The molecule has 3 aromatic heterocycles. The number of nitriles is 1. The van der Waals surface area contributed by atoms with E-state index in [0.717, 1.165) is 44.3 Å². The first-order valence-corrected chi connectivity index (χ1v) is 17.3. The second-order valence-corrected chi connectivity index (χ2v) is 13.3. The molecule has 24 heteroatoms. The van der Waals surface area contributed by atoms with E-state index in [1.807, 2.05) is 15.0 Å². The average Bonchev–Trinajstić information content (AvgIpc) is 3.81. The molecule has 24 nitrogen and oxygen atoms in total. The molecule has 61 heavy (non-hydrogen) atoms. The van der Waals surface area contributed by atoms with Gasteiger partial charge in [-0.2, -0.15) is 5.26 Å². The fourth-order valence-electron chi connectivity index (χ4n) is 6.48. The minimum atomic E-state index is -1.86. The van der Waals surface area contributed by atoms with Crippen LogP contribution in [0, 0.1) is 78.5 Å². The van der Waals surface area contributed by atoms with Crippen molar-refractivity contribution in [1.29, 1.82) is 5.26 Å². The number of carbonyl (C=O) groups excluding carboxylic acids is 1. The Hall–Kier alpha value is -7.12. The van der Waals surface area contributed by atoms with Crippen molar-refractivity contribution in [1.82, 2.24) is 28.7 Å². The van der Waals surface area contributed by atoms with Crippen molar-refractivity contribution >= 4 is 5.91 Å². The molecule has 0 aliphatic carbocycles. The Morgan fingerprint density at radius 1 is 0.639 bits per heavy atom. The van der Waals surface area contributed by atoms with Crippen LogP contribution in [0.5, 0.6) is 0 Å². The number of nitrogens with two attached hydrogens (primary N) is 1. The maximum absolute atomic E-state index is 11.8. The van der Waals surface area contributed by atoms with Gasteiger partial charge in [-0.15, -0.1) is 25.7 Å². The highest BCUT2D eigenvalue weighted by Gasteiger charge is 2.58. The summed E-state index contributed by atoms with van der Waals surface area (Å²) in [5.74, 6) is 4.21. The number of amides is 1. The Morgan fingerprint density at radius 2 is 0.967 bits per heavy atom. The normalized spacial score (nSPS) is 32.2. The third-order valence-corrected chi connectivity index (χ3v) is 9.85. The quantitative estimate of drug-likeness (QED) is 0.0988. The van der Waals surface area contributed by atoms with E-state index in [0.29, 0.717) is 0 Å². The molecule has 320 valence electrons. The molecule has 0 bridgehead atoms. The summed E-state index contributed by atoms with van der Waals surface area (Å²) in [5, 5.41) is 67.4. The minimum absolute atomic E-state index is 0.576. The van der Waals surface area contributed by atoms with E-state index in [1.165, 1.54) is 6.20 Å². The molecule has 6 heterocycles. The zero-order valence-corrected chi connectivity index (χ0v) is 31.2. The van der Waals surface area contributed by atoms with Gasteiger partial charge >= 0.3 is 17.1 Å². The van der Waals surface area contributed by atoms with Crippen LogP contribution in [0.1, 0.15) is 18.7 Å². The van der Waals surface area contributed by atoms with Crippen LogP contribution in [0.3, 0.4) is 0 Å². The van der Waals surface area contributed by atoms with Crippen LogP contribution in [0.15, 0.2) is 65.6 Å². The molecule has 0 aromatic carbocycles. The lowest BCUT2D eigenvalue weighted by molar-refractivity contribution is -0.127. The van der Waals surface area contributed by atoms with Crippen LogP contribution in [-0.2, 0) is 19.0 Å². The van der Waals surface area contributed by atoms with Gasteiger partial charge in [0.15, 0.2) is 35.5 Å². The van der Waals surface area contributed by atoms with Gasteiger partial charge in [0.25, 0.3) is 16.7 Å². The summed E-state index contributed by atoms with van der Waals surface area (Å²) in [6.07, 6.45) is 16.5. The van der Waals surface area contributed by atoms with Gasteiger partial charge in [-0.05, 0) is 0 Å². The van der Waals surface area contributed by atoms with Crippen molar-refractivity contribution in [2.24, 2.45) is 23.5 Å². The molecule has 0 spiro atoms. The molecule has 11 N–H and O–H groups in total. The molecular weight excluding hydrogens is 812 g/mol. The lowest BCUT2D eigenvalue weighted by Gasteiger charge is -2.23. The van der Waals surface area contributed by atoms with Gasteiger partial charge in [0.1, 0.15) is 30.1 Å². The predicted molar refractivity (Wildman–Crippen MR) is 202 cm³/mol. The van der Waals surface area contributed by atoms with E-state index >= 15 is 0 Å². The number of ether oxygens (including phenoxy) is 3. The fraction of sp³-hybridized carbons (Fsp3) is 0.405. The number of hydrogen-bond donors (Lipinski definition) is 10. The number of primary amides is 1. The first-order chi connectivity index (χ1) is 28.8. The maximum atomic E-state index is 11.8. The molecule has 0 saturated carbocycles. The van der Waals surface area contributed by atoms with Gasteiger partial charge < -0.3 is 50.6 Å². The smallest absolute Gasteiger partial charge is 0.330 e. The van der Waals surface area contributed by atoms with Crippen molar-refractivity contribution < 1.29 is 49.6 Å². The molecular formula is C37H36N8O16. The van der Waals surface area contributed by atoms with E-state index in [1.54, 1.807) is 6.07 Å². The molecule has 3 aromatic rings. The van der Waals surface area contributed by atoms with Gasteiger partial charge in [0.2, 0.25) is 5.91 Å². The molecule has 3 aliphatic rings. The maximum Gasteiger partial charge on any atom is 0.330 e. The summed E-state index contributed by atoms with van der Waals surface area (Å²) in [5.41, 5.74) is -4.34. The van der Waals surface area contributed by atoms with Crippen molar-refractivity contribution in [3.05, 3.63) is 99.3 Å². The SMILES string of the molecule is C#C[C@@H]1[C@H](n2ccc(=O)[nH]c2=O)O[C@](C#C)(CO)[C@H]1O.C#C[C@]1(CO)O[C@@H](n2ccc(=O)[nH]c2=O)[C@@H](C#N)[C@@H]1O.C#C[C@]1(CO)O[C@@H](n2ccc(=O)[nH]c2=O)[C@@H](C(N)=O)[C@@H]1O. The average molecular weight is 849 g/mol. The number of carbonyl (C=O) groups is 1. The number of aliphatic hydroxyl groups excluding tert-OH is 6. The third kappa shape index (κ3) is 8.50. The lowest BCUT2D eigenvalue weighted by atomic mass is 9.90. The van der Waals surface area contributed by atoms with Crippen molar-refractivity contribution in [2.45, 2.75) is 53.8 Å². The van der Waals surface area contributed by atoms with Crippen LogP contribution in [0.25, 0.3) is 0 Å². The number of aliphatic hydroxyl groups is 6. The summed E-state index contributed by atoms with van der Waals surface area (Å²) < 4.78 is 19.0. The Labute approximate surface area is 341 Å². The molecule has 0 unspecified atom stereocenters. The van der Waals surface area contributed by atoms with E-state index in [9.17, 15) is 64.2 Å². The number of rotatable bonds is 7. The zero-order valence-electron chi connectivity index (χ0n) is 31.2. The predicted octanol–water partition coefficient (Wildman–Crippen LogP) is -7.14. The molecule has 12 atom stereocenters. The molecule has 1 amide bonds. The van der Waals surface area contributed by atoms with E-state index in [2.05, 4.69) is 23.7 Å². The van der Waals surface area contributed by atoms with Crippen molar-refractivity contribution in [2.75, 3.05) is 19.8 Å². The summed E-state index contributed by atoms with van der Waals surface area (Å²) in [6, 6.07) is 5.01. The lowest BCUT2D eigenvalue weighted by Crippen LogP contribution is -2.46. The summed E-state index contributed by atoms with van der Waals surface area (Å²) >= 11 is 0. The first-order valence-electron chi connectivity index (χ1n) is 17.3. The molecule has 6 rings (SSSR count). The number of aromatic nitrogens is 6. The van der Waals surface area contributed by atoms with Crippen molar-refractivity contribution in [3.8, 4) is 55.4 Å². The second-order valence-electron chi connectivity index (χ2n) is 13.3. The fourth-order valence-corrected chi connectivity index (χ4v) is 6.48. The molecule has 3 aliphatic heterocycles. The topological polar surface area (TPSA) is 381 Å². The molecule has 3 fully saturated rings. The highest BCUT2D eigenvalue weighted by molar-refractivity contribution is 5.78. The Morgan fingerprint density at radius 3 is 1.28 bits per heavy atom. The number of terminal acetylenes is 4. The summed E-state index contributed by atoms with van der Waals surface area (Å²) in [6.45, 7) is -2.14. The second kappa shape index (κ2) is 18.4.